The third kappa shape index (κ3) is 5.32. The Morgan fingerprint density at radius 1 is 0.971 bits per heavy atom. The average molecular weight is 466 g/mol. The number of hydrogen-bond donors (Lipinski definition) is 1. The number of benzene rings is 2. The number of anilines is 1. The zero-order chi connectivity index (χ0) is 24.1. The van der Waals surface area contributed by atoms with Crippen molar-refractivity contribution >= 4 is 23.4 Å². The molecule has 8 heteroatoms. The first-order valence-corrected chi connectivity index (χ1v) is 11.7. The maximum atomic E-state index is 13.0. The molecule has 0 bridgehead atoms. The highest BCUT2D eigenvalue weighted by atomic mass is 16.5. The van der Waals surface area contributed by atoms with Crippen LogP contribution in [0.2, 0.25) is 0 Å². The Kier molecular flexibility index (Phi) is 7.35. The van der Waals surface area contributed by atoms with Crippen LogP contribution in [0.15, 0.2) is 42.5 Å². The van der Waals surface area contributed by atoms with E-state index < -0.39 is 0 Å². The van der Waals surface area contributed by atoms with E-state index in [0.717, 1.165) is 24.2 Å². The fourth-order valence-corrected chi connectivity index (χ4v) is 4.51. The van der Waals surface area contributed by atoms with Crippen molar-refractivity contribution in [3.8, 4) is 11.5 Å². The molecule has 0 aromatic heterocycles. The molecule has 2 heterocycles. The Balaban J connectivity index is 1.27. The van der Waals surface area contributed by atoms with Gasteiger partial charge in [0.1, 0.15) is 11.5 Å². The van der Waals surface area contributed by atoms with E-state index in [-0.39, 0.29) is 23.6 Å². The Bertz CT molecular complexity index is 1020. The van der Waals surface area contributed by atoms with E-state index in [9.17, 15) is 14.4 Å². The Morgan fingerprint density at radius 3 is 2.18 bits per heavy atom. The zero-order valence-electron chi connectivity index (χ0n) is 19.7. The highest BCUT2D eigenvalue weighted by Crippen LogP contribution is 2.26. The minimum Gasteiger partial charge on any atom is -0.497 e. The smallest absolute Gasteiger partial charge is 0.254 e. The van der Waals surface area contributed by atoms with Crippen molar-refractivity contribution < 1.29 is 23.9 Å². The topological polar surface area (TPSA) is 88.2 Å². The van der Waals surface area contributed by atoms with Crippen molar-refractivity contribution in [1.29, 1.82) is 0 Å². The number of hydrogen-bond acceptors (Lipinski definition) is 5. The normalized spacial score (nSPS) is 16.5. The van der Waals surface area contributed by atoms with Crippen LogP contribution >= 0.6 is 0 Å². The van der Waals surface area contributed by atoms with Gasteiger partial charge in [0.2, 0.25) is 11.8 Å². The fourth-order valence-electron chi connectivity index (χ4n) is 4.51. The highest BCUT2D eigenvalue weighted by molar-refractivity contribution is 5.96. The van der Waals surface area contributed by atoms with Crippen molar-refractivity contribution in [2.24, 2.45) is 5.92 Å². The maximum absolute atomic E-state index is 13.0. The molecule has 0 saturated carbocycles. The van der Waals surface area contributed by atoms with Crippen LogP contribution in [-0.4, -0.2) is 56.5 Å². The monoisotopic (exact) mass is 465 g/mol. The predicted molar refractivity (Wildman–Crippen MR) is 128 cm³/mol. The van der Waals surface area contributed by atoms with Gasteiger partial charge in [0, 0.05) is 55.8 Å². The van der Waals surface area contributed by atoms with Crippen LogP contribution in [0.25, 0.3) is 0 Å². The maximum Gasteiger partial charge on any atom is 0.254 e. The van der Waals surface area contributed by atoms with E-state index in [1.807, 2.05) is 24.3 Å². The second kappa shape index (κ2) is 10.6. The number of likely N-dealkylation sites (tertiary alicyclic amines) is 1. The van der Waals surface area contributed by atoms with E-state index in [0.29, 0.717) is 56.0 Å². The second-order valence-electron chi connectivity index (χ2n) is 8.70. The first-order valence-electron chi connectivity index (χ1n) is 11.7. The lowest BCUT2D eigenvalue weighted by molar-refractivity contribution is -0.126. The number of carbonyl (C=O) groups excluding carboxylic acids is 3. The van der Waals surface area contributed by atoms with Gasteiger partial charge in [-0.25, -0.2) is 0 Å². The summed E-state index contributed by atoms with van der Waals surface area (Å²) < 4.78 is 10.5. The van der Waals surface area contributed by atoms with Crippen molar-refractivity contribution in [2.45, 2.75) is 32.2 Å². The number of rotatable bonds is 7. The molecule has 2 fully saturated rings. The summed E-state index contributed by atoms with van der Waals surface area (Å²) in [6.07, 6.45) is 2.74. The second-order valence-corrected chi connectivity index (χ2v) is 8.70. The predicted octanol–water partition coefficient (Wildman–Crippen LogP) is 3.00. The quantitative estimate of drug-likeness (QED) is 0.679. The molecule has 0 aliphatic carbocycles. The molecular formula is C26H31N3O5. The first-order chi connectivity index (χ1) is 16.5. The van der Waals surface area contributed by atoms with E-state index in [4.69, 9.17) is 9.47 Å². The summed E-state index contributed by atoms with van der Waals surface area (Å²) in [6, 6.07) is 12.9. The molecule has 180 valence electrons. The third-order valence-corrected chi connectivity index (χ3v) is 6.54. The van der Waals surface area contributed by atoms with Gasteiger partial charge in [-0.05, 0) is 49.1 Å². The van der Waals surface area contributed by atoms with Crippen molar-refractivity contribution in [3.63, 3.8) is 0 Å². The van der Waals surface area contributed by atoms with E-state index in [1.165, 1.54) is 0 Å². The van der Waals surface area contributed by atoms with Gasteiger partial charge in [0.15, 0.2) is 0 Å². The summed E-state index contributed by atoms with van der Waals surface area (Å²) in [5.74, 6) is 1.09. The molecular weight excluding hydrogens is 434 g/mol. The van der Waals surface area contributed by atoms with E-state index in [1.54, 1.807) is 42.2 Å². The summed E-state index contributed by atoms with van der Waals surface area (Å²) >= 11 is 0. The minimum atomic E-state index is -0.120. The molecule has 2 aromatic carbocycles. The van der Waals surface area contributed by atoms with Crippen molar-refractivity contribution in [3.05, 3.63) is 53.6 Å². The lowest BCUT2D eigenvalue weighted by Gasteiger charge is -2.31. The van der Waals surface area contributed by atoms with Crippen LogP contribution in [0.5, 0.6) is 11.5 Å². The number of ether oxygens (including phenoxy) is 2. The molecule has 0 radical (unpaired) electrons. The molecule has 2 aliphatic rings. The third-order valence-electron chi connectivity index (χ3n) is 6.54. The van der Waals surface area contributed by atoms with Crippen molar-refractivity contribution in [1.82, 2.24) is 10.2 Å². The van der Waals surface area contributed by atoms with Crippen molar-refractivity contribution in [2.75, 3.05) is 38.8 Å². The molecule has 0 spiro atoms. The van der Waals surface area contributed by atoms with Gasteiger partial charge in [-0.15, -0.1) is 0 Å². The van der Waals surface area contributed by atoms with Gasteiger partial charge >= 0.3 is 0 Å². The van der Waals surface area contributed by atoms with Gasteiger partial charge in [0.05, 0.1) is 14.2 Å². The van der Waals surface area contributed by atoms with Crippen LogP contribution in [0.4, 0.5) is 5.69 Å². The number of piperidine rings is 1. The summed E-state index contributed by atoms with van der Waals surface area (Å²) in [7, 11) is 3.10. The Hall–Kier alpha value is -3.55. The molecule has 1 N–H and O–H groups in total. The fraction of sp³-hybridized carbons (Fsp3) is 0.423. The van der Waals surface area contributed by atoms with Crippen LogP contribution in [0, 0.1) is 5.92 Å². The lowest BCUT2D eigenvalue weighted by atomic mass is 9.95. The first kappa shape index (κ1) is 23.6. The van der Waals surface area contributed by atoms with Gasteiger partial charge in [-0.3, -0.25) is 14.4 Å². The van der Waals surface area contributed by atoms with E-state index >= 15 is 0 Å². The molecule has 4 rings (SSSR count). The summed E-state index contributed by atoms with van der Waals surface area (Å²) in [4.78, 5) is 41.1. The zero-order valence-corrected chi connectivity index (χ0v) is 19.7. The Labute approximate surface area is 199 Å². The average Bonchev–Trinajstić information content (AvgIpc) is 3.32. The van der Waals surface area contributed by atoms with Crippen LogP contribution < -0.4 is 19.7 Å². The lowest BCUT2D eigenvalue weighted by Crippen LogP contribution is -2.42. The van der Waals surface area contributed by atoms with Gasteiger partial charge in [-0.1, -0.05) is 12.1 Å². The van der Waals surface area contributed by atoms with Gasteiger partial charge in [-0.2, -0.15) is 0 Å². The largest absolute Gasteiger partial charge is 0.497 e. The highest BCUT2D eigenvalue weighted by Gasteiger charge is 2.28. The SMILES string of the molecule is COc1cc(OC)cc(C(=O)N2CCC(C(=O)NCc3ccc(N4CCCC4=O)cc3)CC2)c1. The molecule has 2 aromatic rings. The molecule has 0 atom stereocenters. The molecule has 2 aliphatic heterocycles. The summed E-state index contributed by atoms with van der Waals surface area (Å²) in [5, 5.41) is 3.02. The summed E-state index contributed by atoms with van der Waals surface area (Å²) in [5.41, 5.74) is 2.41. The Morgan fingerprint density at radius 2 is 1.62 bits per heavy atom. The van der Waals surface area contributed by atoms with Crippen LogP contribution in [-0.2, 0) is 16.1 Å². The minimum absolute atomic E-state index is 0.00828. The number of amides is 3. The van der Waals surface area contributed by atoms with Gasteiger partial charge < -0.3 is 24.6 Å². The van der Waals surface area contributed by atoms with Crippen LogP contribution in [0.1, 0.15) is 41.6 Å². The molecule has 2 saturated heterocycles. The molecule has 34 heavy (non-hydrogen) atoms. The molecule has 3 amide bonds. The molecule has 0 unspecified atom stereocenters. The van der Waals surface area contributed by atoms with E-state index in [2.05, 4.69) is 5.32 Å². The molecule has 8 nitrogen and oxygen atoms in total. The van der Waals surface area contributed by atoms with Crippen LogP contribution in [0.3, 0.4) is 0 Å². The number of carbonyl (C=O) groups is 3. The number of nitrogens with one attached hydrogen (secondary N) is 1. The van der Waals surface area contributed by atoms with Gasteiger partial charge in [0.25, 0.3) is 5.91 Å². The summed E-state index contributed by atoms with van der Waals surface area (Å²) in [6.45, 7) is 2.25. The number of nitrogens with zero attached hydrogens (tertiary/aromatic N) is 2. The number of methoxy groups -OCH3 is 2. The standard InChI is InChI=1S/C26H31N3O5/c1-33-22-14-20(15-23(16-22)34-2)26(32)28-12-9-19(10-13-28)25(31)27-17-18-5-7-21(8-6-18)29-11-3-4-24(29)30/h5-8,14-16,19H,3-4,9-13,17H2,1-2H3,(H,27,31).